The third-order valence-electron chi connectivity index (χ3n) is 1.33. The van der Waals surface area contributed by atoms with Gasteiger partial charge in [0.2, 0.25) is 0 Å². The van der Waals surface area contributed by atoms with Crippen LogP contribution < -0.4 is 5.32 Å². The molecule has 0 aromatic heterocycles. The number of carbonyl (C=O) groups excluding carboxylic acids is 1. The number of hydrogen-bond acceptors (Lipinski definition) is 3. The first-order chi connectivity index (χ1) is 6.74. The summed E-state index contributed by atoms with van der Waals surface area (Å²) in [6.45, 7) is 5.17. The number of hydrogen-bond donors (Lipinski definition) is 2. The highest BCUT2D eigenvalue weighted by Gasteiger charge is 2.20. The third kappa shape index (κ3) is 8.05. The second-order valence-electron chi connectivity index (χ2n) is 4.10. The van der Waals surface area contributed by atoms with Crippen molar-refractivity contribution >= 4 is 23.7 Å². The van der Waals surface area contributed by atoms with Crippen LogP contribution in [0.1, 0.15) is 27.2 Å². The molecule has 0 aromatic rings. The van der Waals surface area contributed by atoms with Gasteiger partial charge in [0.05, 0.1) is 12.5 Å². The first-order valence-corrected chi connectivity index (χ1v) is 5.05. The largest absolute Gasteiger partial charge is 0.481 e. The van der Waals surface area contributed by atoms with Gasteiger partial charge < -0.3 is 15.2 Å². The second-order valence-corrected chi connectivity index (χ2v) is 4.40. The Morgan fingerprint density at radius 2 is 2.00 bits per heavy atom. The Morgan fingerprint density at radius 3 is 2.33 bits per heavy atom. The van der Waals surface area contributed by atoms with Crippen LogP contribution in [0.25, 0.3) is 0 Å². The number of amides is 1. The molecule has 1 unspecified atom stereocenters. The first-order valence-electron chi connectivity index (χ1n) is 4.52. The zero-order chi connectivity index (χ0) is 12.1. The molecule has 0 saturated carbocycles. The Kier molecular flexibility index (Phi) is 5.43. The van der Waals surface area contributed by atoms with Crippen LogP contribution in [-0.4, -0.2) is 34.7 Å². The fourth-order valence-electron chi connectivity index (χ4n) is 0.829. The van der Waals surface area contributed by atoms with E-state index in [2.05, 4.69) is 5.32 Å². The minimum absolute atomic E-state index is 0.0333. The van der Waals surface area contributed by atoms with Crippen molar-refractivity contribution in [2.75, 3.05) is 5.88 Å². The number of aliphatic carboxylic acids is 1. The summed E-state index contributed by atoms with van der Waals surface area (Å²) in [4.78, 5) is 21.6. The third-order valence-corrected chi connectivity index (χ3v) is 1.70. The summed E-state index contributed by atoms with van der Waals surface area (Å²) in [5.41, 5.74) is -0.607. The molecule has 0 spiro atoms. The lowest BCUT2D eigenvalue weighted by Gasteiger charge is -2.22. The van der Waals surface area contributed by atoms with E-state index >= 15 is 0 Å². The lowest BCUT2D eigenvalue weighted by atomic mass is 10.2. The standard InChI is InChI=1S/C9H16ClNO4/c1-9(2,3)15-8(14)11-6(5-10)4-7(12)13/h6H,4-5H2,1-3H3,(H,11,14)(H,12,13). The fourth-order valence-corrected chi connectivity index (χ4v) is 1.02. The van der Waals surface area contributed by atoms with Gasteiger partial charge in [0.1, 0.15) is 5.60 Å². The van der Waals surface area contributed by atoms with E-state index in [-0.39, 0.29) is 12.3 Å². The average molecular weight is 238 g/mol. The van der Waals surface area contributed by atoms with Gasteiger partial charge in [0, 0.05) is 5.88 Å². The molecule has 0 heterocycles. The van der Waals surface area contributed by atoms with Gasteiger partial charge in [0.15, 0.2) is 0 Å². The van der Waals surface area contributed by atoms with Crippen LogP contribution in [0.5, 0.6) is 0 Å². The maximum atomic E-state index is 11.2. The Hall–Kier alpha value is -0.970. The van der Waals surface area contributed by atoms with E-state index in [4.69, 9.17) is 21.4 Å². The molecule has 1 atom stereocenters. The topological polar surface area (TPSA) is 75.6 Å². The number of alkyl carbamates (subject to hydrolysis) is 1. The van der Waals surface area contributed by atoms with Gasteiger partial charge in [-0.1, -0.05) is 0 Å². The Labute approximate surface area is 93.7 Å². The van der Waals surface area contributed by atoms with Crippen LogP contribution in [0.4, 0.5) is 4.79 Å². The average Bonchev–Trinajstić information content (AvgIpc) is 1.98. The molecule has 88 valence electrons. The summed E-state index contributed by atoms with van der Waals surface area (Å²) >= 11 is 5.49. The van der Waals surface area contributed by atoms with Gasteiger partial charge in [-0.15, -0.1) is 11.6 Å². The van der Waals surface area contributed by atoms with Gasteiger partial charge >= 0.3 is 12.1 Å². The van der Waals surface area contributed by atoms with Crippen LogP contribution in [0.3, 0.4) is 0 Å². The summed E-state index contributed by atoms with van der Waals surface area (Å²) in [7, 11) is 0. The van der Waals surface area contributed by atoms with E-state index in [1.807, 2.05) is 0 Å². The van der Waals surface area contributed by atoms with Crippen molar-refractivity contribution in [1.82, 2.24) is 5.32 Å². The predicted octanol–water partition coefficient (Wildman–Crippen LogP) is 1.59. The molecule has 0 saturated heterocycles. The van der Waals surface area contributed by atoms with Crippen molar-refractivity contribution in [3.8, 4) is 0 Å². The zero-order valence-electron chi connectivity index (χ0n) is 9.04. The van der Waals surface area contributed by atoms with Gasteiger partial charge in [-0.25, -0.2) is 4.79 Å². The Morgan fingerprint density at radius 1 is 1.47 bits per heavy atom. The van der Waals surface area contributed by atoms with Gasteiger partial charge in [0.25, 0.3) is 0 Å². The van der Waals surface area contributed by atoms with Gasteiger partial charge in [-0.2, -0.15) is 0 Å². The summed E-state index contributed by atoms with van der Waals surface area (Å²) < 4.78 is 4.95. The Balaban J connectivity index is 4.07. The van der Waals surface area contributed by atoms with E-state index < -0.39 is 23.7 Å². The van der Waals surface area contributed by atoms with Crippen LogP contribution >= 0.6 is 11.6 Å². The number of carbonyl (C=O) groups is 2. The molecular formula is C9H16ClNO4. The van der Waals surface area contributed by atoms with Gasteiger partial charge in [-0.05, 0) is 20.8 Å². The first kappa shape index (κ1) is 14.0. The highest BCUT2D eigenvalue weighted by molar-refractivity contribution is 6.18. The SMILES string of the molecule is CC(C)(C)OC(=O)NC(CCl)CC(=O)O. The highest BCUT2D eigenvalue weighted by atomic mass is 35.5. The van der Waals surface area contributed by atoms with E-state index in [0.29, 0.717) is 0 Å². The molecular weight excluding hydrogens is 222 g/mol. The quantitative estimate of drug-likeness (QED) is 0.728. The molecule has 0 aromatic carbocycles. The van der Waals surface area contributed by atoms with Crippen LogP contribution in [0.2, 0.25) is 0 Å². The molecule has 5 nitrogen and oxygen atoms in total. The highest BCUT2D eigenvalue weighted by Crippen LogP contribution is 2.07. The summed E-state index contributed by atoms with van der Waals surface area (Å²) in [5.74, 6) is -0.984. The van der Waals surface area contributed by atoms with Crippen molar-refractivity contribution in [3.63, 3.8) is 0 Å². The van der Waals surface area contributed by atoms with Crippen molar-refractivity contribution in [3.05, 3.63) is 0 Å². The number of ether oxygens (including phenoxy) is 1. The molecule has 6 heteroatoms. The van der Waals surface area contributed by atoms with E-state index in [9.17, 15) is 9.59 Å². The monoisotopic (exact) mass is 237 g/mol. The number of rotatable bonds is 4. The number of halogens is 1. The normalized spacial score (nSPS) is 13.1. The minimum atomic E-state index is -1.02. The lowest BCUT2D eigenvalue weighted by molar-refractivity contribution is -0.137. The summed E-state index contributed by atoms with van der Waals surface area (Å²) in [5, 5.41) is 10.9. The van der Waals surface area contributed by atoms with E-state index in [1.54, 1.807) is 20.8 Å². The molecule has 0 aliphatic heterocycles. The fraction of sp³-hybridized carbons (Fsp3) is 0.778. The molecule has 1 amide bonds. The number of alkyl halides is 1. The summed E-state index contributed by atoms with van der Waals surface area (Å²) in [6.07, 6.45) is -0.877. The lowest BCUT2D eigenvalue weighted by Crippen LogP contribution is -2.41. The number of carboxylic acids is 1. The maximum absolute atomic E-state index is 11.2. The van der Waals surface area contributed by atoms with Crippen molar-refractivity contribution < 1.29 is 19.4 Å². The van der Waals surface area contributed by atoms with Crippen molar-refractivity contribution in [2.24, 2.45) is 0 Å². The van der Waals surface area contributed by atoms with E-state index in [1.165, 1.54) is 0 Å². The molecule has 0 bridgehead atoms. The molecule has 15 heavy (non-hydrogen) atoms. The van der Waals surface area contributed by atoms with Crippen LogP contribution in [0.15, 0.2) is 0 Å². The van der Waals surface area contributed by atoms with Crippen molar-refractivity contribution in [2.45, 2.75) is 38.8 Å². The number of nitrogens with one attached hydrogen (secondary N) is 1. The maximum Gasteiger partial charge on any atom is 0.407 e. The minimum Gasteiger partial charge on any atom is -0.481 e. The molecule has 0 rings (SSSR count). The molecule has 0 aliphatic rings. The van der Waals surface area contributed by atoms with E-state index in [0.717, 1.165) is 0 Å². The zero-order valence-corrected chi connectivity index (χ0v) is 9.80. The van der Waals surface area contributed by atoms with Crippen LogP contribution in [-0.2, 0) is 9.53 Å². The molecule has 0 radical (unpaired) electrons. The smallest absolute Gasteiger partial charge is 0.407 e. The van der Waals surface area contributed by atoms with Crippen LogP contribution in [0, 0.1) is 0 Å². The summed E-state index contributed by atoms with van der Waals surface area (Å²) in [6, 6.07) is -0.612. The molecule has 0 aliphatic carbocycles. The number of carboxylic acid groups (broad SMARTS) is 1. The van der Waals surface area contributed by atoms with Gasteiger partial charge in [-0.3, -0.25) is 4.79 Å². The second kappa shape index (κ2) is 5.80. The molecule has 0 fully saturated rings. The Bertz CT molecular complexity index is 237. The predicted molar refractivity (Wildman–Crippen MR) is 56.1 cm³/mol. The molecule has 2 N–H and O–H groups in total. The van der Waals surface area contributed by atoms with Crippen molar-refractivity contribution in [1.29, 1.82) is 0 Å².